The van der Waals surface area contributed by atoms with E-state index in [-0.39, 0.29) is 0 Å². The Morgan fingerprint density at radius 1 is 1.47 bits per heavy atom. The summed E-state index contributed by atoms with van der Waals surface area (Å²) in [6, 6.07) is 3.70. The minimum absolute atomic E-state index is 0.444. The van der Waals surface area contributed by atoms with Gasteiger partial charge >= 0.3 is 0 Å². The van der Waals surface area contributed by atoms with Crippen LogP contribution in [0.3, 0.4) is 0 Å². The third-order valence-corrected chi connectivity index (χ3v) is 2.98. The number of rotatable bonds is 3. The van der Waals surface area contributed by atoms with Crippen molar-refractivity contribution in [2.24, 2.45) is 11.7 Å². The molecule has 2 heterocycles. The molecule has 1 atom stereocenters. The zero-order valence-electron chi connectivity index (χ0n) is 8.56. The van der Waals surface area contributed by atoms with Crippen LogP contribution in [0, 0.1) is 5.92 Å². The number of nitrogens with zero attached hydrogens (tertiary/aromatic N) is 3. The van der Waals surface area contributed by atoms with Crippen LogP contribution in [0.2, 0.25) is 5.15 Å². The SMILES string of the molecule is NCC1CCN(Cc2ccc(Cl)nn2)C1. The molecule has 1 saturated heterocycles. The summed E-state index contributed by atoms with van der Waals surface area (Å²) >= 11 is 5.67. The van der Waals surface area contributed by atoms with E-state index >= 15 is 0 Å². The van der Waals surface area contributed by atoms with Gasteiger partial charge in [-0.1, -0.05) is 11.6 Å². The van der Waals surface area contributed by atoms with Crippen LogP contribution in [0.15, 0.2) is 12.1 Å². The van der Waals surface area contributed by atoms with Crippen LogP contribution in [-0.4, -0.2) is 34.7 Å². The summed E-state index contributed by atoms with van der Waals surface area (Å²) in [5.74, 6) is 0.644. The van der Waals surface area contributed by atoms with Gasteiger partial charge in [-0.2, -0.15) is 5.10 Å². The molecule has 2 N–H and O–H groups in total. The van der Waals surface area contributed by atoms with E-state index in [0.29, 0.717) is 11.1 Å². The molecule has 1 aliphatic heterocycles. The third-order valence-electron chi connectivity index (χ3n) is 2.78. The third kappa shape index (κ3) is 2.87. The maximum absolute atomic E-state index is 5.67. The highest BCUT2D eigenvalue weighted by atomic mass is 35.5. The molecule has 1 aromatic heterocycles. The molecular weight excluding hydrogens is 212 g/mol. The molecule has 82 valence electrons. The van der Waals surface area contributed by atoms with Gasteiger partial charge in [0.05, 0.1) is 5.69 Å². The van der Waals surface area contributed by atoms with Crippen molar-refractivity contribution < 1.29 is 0 Å². The number of hydrogen-bond acceptors (Lipinski definition) is 4. The quantitative estimate of drug-likeness (QED) is 0.833. The lowest BCUT2D eigenvalue weighted by atomic mass is 10.1. The van der Waals surface area contributed by atoms with Crippen molar-refractivity contribution in [3.63, 3.8) is 0 Å². The molecule has 0 aliphatic carbocycles. The monoisotopic (exact) mass is 226 g/mol. The van der Waals surface area contributed by atoms with Crippen LogP contribution >= 0.6 is 11.6 Å². The number of likely N-dealkylation sites (tertiary alicyclic amines) is 1. The lowest BCUT2D eigenvalue weighted by Crippen LogP contribution is -2.23. The Hall–Kier alpha value is -0.710. The molecule has 0 bridgehead atoms. The second-order valence-corrected chi connectivity index (χ2v) is 4.36. The first kappa shape index (κ1) is 10.8. The fraction of sp³-hybridized carbons (Fsp3) is 0.600. The van der Waals surface area contributed by atoms with Crippen molar-refractivity contribution >= 4 is 11.6 Å². The Labute approximate surface area is 94.4 Å². The van der Waals surface area contributed by atoms with Gasteiger partial charge in [0.2, 0.25) is 0 Å². The lowest BCUT2D eigenvalue weighted by Gasteiger charge is -2.14. The smallest absolute Gasteiger partial charge is 0.151 e. The second-order valence-electron chi connectivity index (χ2n) is 3.97. The number of nitrogens with two attached hydrogens (primary N) is 1. The first-order valence-electron chi connectivity index (χ1n) is 5.18. The highest BCUT2D eigenvalue weighted by Crippen LogP contribution is 2.16. The van der Waals surface area contributed by atoms with Crippen molar-refractivity contribution in [2.45, 2.75) is 13.0 Å². The zero-order valence-corrected chi connectivity index (χ0v) is 9.32. The van der Waals surface area contributed by atoms with E-state index in [9.17, 15) is 0 Å². The van der Waals surface area contributed by atoms with Gasteiger partial charge in [0, 0.05) is 13.1 Å². The van der Waals surface area contributed by atoms with Gasteiger partial charge in [0.25, 0.3) is 0 Å². The molecule has 0 radical (unpaired) electrons. The molecule has 0 spiro atoms. The molecule has 1 aliphatic rings. The first-order valence-corrected chi connectivity index (χ1v) is 5.56. The minimum Gasteiger partial charge on any atom is -0.330 e. The molecule has 4 nitrogen and oxygen atoms in total. The molecule has 0 saturated carbocycles. The number of aromatic nitrogens is 2. The second kappa shape index (κ2) is 4.88. The zero-order chi connectivity index (χ0) is 10.7. The lowest BCUT2D eigenvalue weighted by molar-refractivity contribution is 0.313. The molecule has 2 rings (SSSR count). The fourth-order valence-electron chi connectivity index (χ4n) is 1.91. The Balaban J connectivity index is 1.90. The summed E-state index contributed by atoms with van der Waals surface area (Å²) in [7, 11) is 0. The van der Waals surface area contributed by atoms with Crippen molar-refractivity contribution in [1.29, 1.82) is 0 Å². The van der Waals surface area contributed by atoms with Gasteiger partial charge in [0.15, 0.2) is 5.15 Å². The summed E-state index contributed by atoms with van der Waals surface area (Å²) in [6.07, 6.45) is 1.19. The van der Waals surface area contributed by atoms with Crippen molar-refractivity contribution in [2.75, 3.05) is 19.6 Å². The molecule has 1 unspecified atom stereocenters. The van der Waals surface area contributed by atoms with Gasteiger partial charge in [0.1, 0.15) is 0 Å². The Morgan fingerprint density at radius 3 is 2.93 bits per heavy atom. The van der Waals surface area contributed by atoms with Gasteiger partial charge in [-0.15, -0.1) is 5.10 Å². The molecule has 5 heteroatoms. The van der Waals surface area contributed by atoms with E-state index in [1.807, 2.05) is 6.07 Å². The first-order chi connectivity index (χ1) is 7.28. The summed E-state index contributed by atoms with van der Waals surface area (Å²) in [5.41, 5.74) is 6.61. The van der Waals surface area contributed by atoms with E-state index in [4.69, 9.17) is 17.3 Å². The van der Waals surface area contributed by atoms with E-state index in [1.165, 1.54) is 6.42 Å². The summed E-state index contributed by atoms with van der Waals surface area (Å²) in [4.78, 5) is 2.36. The topological polar surface area (TPSA) is 55.0 Å². The van der Waals surface area contributed by atoms with Crippen LogP contribution in [0.4, 0.5) is 0 Å². The fourth-order valence-corrected chi connectivity index (χ4v) is 2.01. The van der Waals surface area contributed by atoms with Gasteiger partial charge < -0.3 is 5.73 Å². The number of halogens is 1. The van der Waals surface area contributed by atoms with Crippen LogP contribution in [0.1, 0.15) is 12.1 Å². The van der Waals surface area contributed by atoms with Crippen LogP contribution < -0.4 is 5.73 Å². The maximum Gasteiger partial charge on any atom is 0.151 e. The highest BCUT2D eigenvalue weighted by Gasteiger charge is 2.21. The van der Waals surface area contributed by atoms with E-state index in [0.717, 1.165) is 31.9 Å². The Kier molecular flexibility index (Phi) is 3.51. The average molecular weight is 227 g/mol. The van der Waals surface area contributed by atoms with Gasteiger partial charge in [-0.25, -0.2) is 0 Å². The summed E-state index contributed by atoms with van der Waals surface area (Å²) in [6.45, 7) is 3.80. The Bertz CT molecular complexity index is 314. The normalized spacial score (nSPS) is 22.1. The maximum atomic E-state index is 5.67. The van der Waals surface area contributed by atoms with Crippen LogP contribution in [-0.2, 0) is 6.54 Å². The average Bonchev–Trinajstić information content (AvgIpc) is 2.69. The molecular formula is C10H15ClN4. The van der Waals surface area contributed by atoms with E-state index < -0.39 is 0 Å². The van der Waals surface area contributed by atoms with Gasteiger partial charge in [-0.05, 0) is 37.6 Å². The van der Waals surface area contributed by atoms with E-state index in [2.05, 4.69) is 15.1 Å². The molecule has 0 amide bonds. The molecule has 0 aromatic carbocycles. The largest absolute Gasteiger partial charge is 0.330 e. The van der Waals surface area contributed by atoms with Crippen molar-refractivity contribution in [3.8, 4) is 0 Å². The predicted octanol–water partition coefficient (Wildman–Crippen LogP) is 0.911. The van der Waals surface area contributed by atoms with Crippen LogP contribution in [0.5, 0.6) is 0 Å². The van der Waals surface area contributed by atoms with E-state index in [1.54, 1.807) is 6.07 Å². The molecule has 1 fully saturated rings. The summed E-state index contributed by atoms with van der Waals surface area (Å²) < 4.78 is 0. The highest BCUT2D eigenvalue weighted by molar-refractivity contribution is 6.29. The molecule has 1 aromatic rings. The van der Waals surface area contributed by atoms with Gasteiger partial charge in [-0.3, -0.25) is 4.90 Å². The van der Waals surface area contributed by atoms with Crippen molar-refractivity contribution in [3.05, 3.63) is 23.0 Å². The summed E-state index contributed by atoms with van der Waals surface area (Å²) in [5, 5.41) is 8.31. The predicted molar refractivity (Wildman–Crippen MR) is 59.5 cm³/mol. The van der Waals surface area contributed by atoms with Crippen LogP contribution in [0.25, 0.3) is 0 Å². The standard InChI is InChI=1S/C10H15ClN4/c11-10-2-1-9(13-14-10)7-15-4-3-8(5-12)6-15/h1-2,8H,3-7,12H2. The minimum atomic E-state index is 0.444. The Morgan fingerprint density at radius 2 is 2.33 bits per heavy atom. The van der Waals surface area contributed by atoms with Crippen molar-refractivity contribution in [1.82, 2.24) is 15.1 Å². The molecule has 15 heavy (non-hydrogen) atoms. The number of hydrogen-bond donors (Lipinski definition) is 1.